The Morgan fingerprint density at radius 3 is 2.23 bits per heavy atom. The summed E-state index contributed by atoms with van der Waals surface area (Å²) in [5, 5.41) is 3.03. The number of aryl methyl sites for hydroxylation is 1. The number of anilines is 1. The van der Waals surface area contributed by atoms with Crippen molar-refractivity contribution in [3.8, 4) is 0 Å². The summed E-state index contributed by atoms with van der Waals surface area (Å²) in [6.45, 7) is 5.70. The fraction of sp³-hybridized carbons (Fsp3) is 0.310. The summed E-state index contributed by atoms with van der Waals surface area (Å²) in [5.41, 5.74) is 1.87. The third kappa shape index (κ3) is 7.32. The van der Waals surface area contributed by atoms with Crippen molar-refractivity contribution in [2.45, 2.75) is 51.1 Å². The average molecular weight is 591 g/mol. The lowest BCUT2D eigenvalue weighted by Crippen LogP contribution is -2.52. The third-order valence-electron chi connectivity index (χ3n) is 6.35. The van der Waals surface area contributed by atoms with Gasteiger partial charge in [-0.1, -0.05) is 85.6 Å². The monoisotopic (exact) mass is 589 g/mol. The zero-order valence-electron chi connectivity index (χ0n) is 22.2. The van der Waals surface area contributed by atoms with Crippen LogP contribution in [0.1, 0.15) is 37.8 Å². The molecule has 3 rings (SSSR count). The maximum Gasteiger partial charge on any atom is 0.264 e. The van der Waals surface area contributed by atoms with Gasteiger partial charge in [-0.2, -0.15) is 0 Å². The van der Waals surface area contributed by atoms with Gasteiger partial charge in [0.15, 0.2) is 0 Å². The number of rotatable bonds is 12. The molecule has 0 fully saturated rings. The molecule has 0 bridgehead atoms. The van der Waals surface area contributed by atoms with Crippen molar-refractivity contribution in [3.05, 3.63) is 94.0 Å². The highest BCUT2D eigenvalue weighted by atomic mass is 35.5. The minimum absolute atomic E-state index is 0.00431. The van der Waals surface area contributed by atoms with Crippen LogP contribution in [-0.2, 0) is 26.2 Å². The molecule has 0 aliphatic rings. The van der Waals surface area contributed by atoms with Crippen LogP contribution in [0.25, 0.3) is 0 Å². The standard InChI is InChI=1S/C29H33Cl2N3O4S/c1-4-18-32-29(36)25(5-2)33(19-22-13-10-9-12-21(22)3)27(35)20-34(26-17-11-16-24(30)28(26)31)39(37,38)23-14-7-6-8-15-23/h6-17,25H,4-5,18-20H2,1-3H3,(H,32,36). The van der Waals surface area contributed by atoms with E-state index in [-0.39, 0.29) is 33.1 Å². The van der Waals surface area contributed by atoms with Gasteiger partial charge in [-0.15, -0.1) is 0 Å². The molecule has 0 radical (unpaired) electrons. The van der Waals surface area contributed by atoms with E-state index < -0.39 is 28.5 Å². The first-order valence-electron chi connectivity index (χ1n) is 12.7. The van der Waals surface area contributed by atoms with E-state index in [4.69, 9.17) is 23.2 Å². The van der Waals surface area contributed by atoms with Crippen LogP contribution in [0.4, 0.5) is 5.69 Å². The van der Waals surface area contributed by atoms with Crippen LogP contribution in [0, 0.1) is 6.92 Å². The lowest BCUT2D eigenvalue weighted by Gasteiger charge is -2.33. The number of halogens is 2. The molecule has 1 atom stereocenters. The van der Waals surface area contributed by atoms with E-state index in [0.717, 1.165) is 21.9 Å². The number of nitrogens with zero attached hydrogens (tertiary/aromatic N) is 2. The minimum Gasteiger partial charge on any atom is -0.354 e. The van der Waals surface area contributed by atoms with Gasteiger partial charge >= 0.3 is 0 Å². The Morgan fingerprint density at radius 2 is 1.59 bits per heavy atom. The highest BCUT2D eigenvalue weighted by Gasteiger charge is 2.34. The van der Waals surface area contributed by atoms with Crippen molar-refractivity contribution >= 4 is 50.7 Å². The number of carbonyl (C=O) groups excluding carboxylic acids is 2. The van der Waals surface area contributed by atoms with E-state index in [2.05, 4.69) is 5.32 Å². The first-order chi connectivity index (χ1) is 18.6. The molecule has 0 aromatic heterocycles. The number of amides is 2. The van der Waals surface area contributed by atoms with Crippen LogP contribution in [0.5, 0.6) is 0 Å². The fourth-order valence-electron chi connectivity index (χ4n) is 4.17. The SMILES string of the molecule is CCCNC(=O)C(CC)N(Cc1ccccc1C)C(=O)CN(c1cccc(Cl)c1Cl)S(=O)(=O)c1ccccc1. The Bertz CT molecular complexity index is 1400. The number of carbonyl (C=O) groups is 2. The van der Waals surface area contributed by atoms with E-state index >= 15 is 0 Å². The quantitative estimate of drug-likeness (QED) is 0.288. The van der Waals surface area contributed by atoms with Gasteiger partial charge in [0, 0.05) is 13.1 Å². The average Bonchev–Trinajstić information content (AvgIpc) is 2.93. The Labute approximate surface area is 240 Å². The van der Waals surface area contributed by atoms with Gasteiger partial charge in [0.2, 0.25) is 11.8 Å². The summed E-state index contributed by atoms with van der Waals surface area (Å²) in [4.78, 5) is 28.6. The number of hydrogen-bond acceptors (Lipinski definition) is 4. The molecule has 1 unspecified atom stereocenters. The van der Waals surface area contributed by atoms with E-state index in [9.17, 15) is 18.0 Å². The van der Waals surface area contributed by atoms with E-state index in [0.29, 0.717) is 13.0 Å². The van der Waals surface area contributed by atoms with Gasteiger partial charge in [-0.3, -0.25) is 13.9 Å². The summed E-state index contributed by atoms with van der Waals surface area (Å²) in [6, 6.07) is 19.2. The van der Waals surface area contributed by atoms with Crippen LogP contribution in [-0.4, -0.2) is 44.3 Å². The molecule has 0 heterocycles. The molecule has 3 aromatic rings. The highest BCUT2D eigenvalue weighted by Crippen LogP contribution is 2.35. The Kier molecular flexibility index (Phi) is 10.8. The molecule has 2 amide bonds. The Hall–Kier alpha value is -3.07. The molecule has 7 nitrogen and oxygen atoms in total. The summed E-state index contributed by atoms with van der Waals surface area (Å²) >= 11 is 12.7. The molecular weight excluding hydrogens is 557 g/mol. The van der Waals surface area contributed by atoms with Gasteiger partial charge in [-0.25, -0.2) is 8.42 Å². The summed E-state index contributed by atoms with van der Waals surface area (Å²) in [6.07, 6.45) is 1.08. The third-order valence-corrected chi connectivity index (χ3v) is 8.93. The second kappa shape index (κ2) is 13.8. The first-order valence-corrected chi connectivity index (χ1v) is 14.9. The zero-order valence-corrected chi connectivity index (χ0v) is 24.6. The number of sulfonamides is 1. The number of hydrogen-bond donors (Lipinski definition) is 1. The Morgan fingerprint density at radius 1 is 0.923 bits per heavy atom. The van der Waals surface area contributed by atoms with E-state index in [1.165, 1.54) is 29.2 Å². The van der Waals surface area contributed by atoms with Gasteiger partial charge in [0.1, 0.15) is 12.6 Å². The molecule has 208 valence electrons. The molecule has 0 saturated heterocycles. The summed E-state index contributed by atoms with van der Waals surface area (Å²) in [5.74, 6) is -0.841. The van der Waals surface area contributed by atoms with Crippen molar-refractivity contribution < 1.29 is 18.0 Å². The smallest absolute Gasteiger partial charge is 0.264 e. The largest absolute Gasteiger partial charge is 0.354 e. The molecule has 0 saturated carbocycles. The van der Waals surface area contributed by atoms with Crippen LogP contribution in [0.3, 0.4) is 0 Å². The number of benzene rings is 3. The van der Waals surface area contributed by atoms with Crippen molar-refractivity contribution in [1.82, 2.24) is 10.2 Å². The van der Waals surface area contributed by atoms with Crippen LogP contribution in [0.2, 0.25) is 10.0 Å². The maximum atomic E-state index is 14.1. The van der Waals surface area contributed by atoms with Crippen molar-refractivity contribution in [3.63, 3.8) is 0 Å². The highest BCUT2D eigenvalue weighted by molar-refractivity contribution is 7.92. The van der Waals surface area contributed by atoms with Gasteiger partial charge in [0.25, 0.3) is 10.0 Å². The zero-order chi connectivity index (χ0) is 28.6. The molecule has 39 heavy (non-hydrogen) atoms. The van der Waals surface area contributed by atoms with Gasteiger partial charge in [0.05, 0.1) is 20.6 Å². The van der Waals surface area contributed by atoms with E-state index in [1.54, 1.807) is 24.3 Å². The molecular formula is C29H33Cl2N3O4S. The predicted molar refractivity (Wildman–Crippen MR) is 157 cm³/mol. The second-order valence-electron chi connectivity index (χ2n) is 9.06. The normalized spacial score (nSPS) is 12.0. The maximum absolute atomic E-state index is 14.1. The van der Waals surface area contributed by atoms with Gasteiger partial charge in [-0.05, 0) is 55.2 Å². The molecule has 0 aliphatic carbocycles. The predicted octanol–water partition coefficient (Wildman–Crippen LogP) is 5.83. The molecule has 0 aliphatic heterocycles. The van der Waals surface area contributed by atoms with E-state index in [1.807, 2.05) is 45.0 Å². The molecule has 1 N–H and O–H groups in total. The first kappa shape index (κ1) is 30.5. The lowest BCUT2D eigenvalue weighted by atomic mass is 10.1. The second-order valence-corrected chi connectivity index (χ2v) is 11.7. The van der Waals surface area contributed by atoms with Crippen molar-refractivity contribution in [2.75, 3.05) is 17.4 Å². The lowest BCUT2D eigenvalue weighted by molar-refractivity contribution is -0.140. The van der Waals surface area contributed by atoms with Gasteiger partial charge < -0.3 is 10.2 Å². The minimum atomic E-state index is -4.23. The number of nitrogens with one attached hydrogen (secondary N) is 1. The fourth-order valence-corrected chi connectivity index (χ4v) is 6.07. The van der Waals surface area contributed by atoms with Crippen LogP contribution < -0.4 is 9.62 Å². The summed E-state index contributed by atoms with van der Waals surface area (Å²) in [7, 11) is -4.23. The van der Waals surface area contributed by atoms with Crippen LogP contribution >= 0.6 is 23.2 Å². The molecule has 0 spiro atoms. The Balaban J connectivity index is 2.09. The molecule has 10 heteroatoms. The van der Waals surface area contributed by atoms with Crippen LogP contribution in [0.15, 0.2) is 77.7 Å². The topological polar surface area (TPSA) is 86.8 Å². The van der Waals surface area contributed by atoms with Crippen molar-refractivity contribution in [1.29, 1.82) is 0 Å². The molecule has 3 aromatic carbocycles. The summed E-state index contributed by atoms with van der Waals surface area (Å²) < 4.78 is 28.7. The van der Waals surface area contributed by atoms with Crippen molar-refractivity contribution in [2.24, 2.45) is 0 Å².